The molecule has 4 fully saturated rings. The van der Waals surface area contributed by atoms with Gasteiger partial charge in [0.2, 0.25) is 0 Å². The summed E-state index contributed by atoms with van der Waals surface area (Å²) in [4.78, 5) is 29.4. The van der Waals surface area contributed by atoms with Crippen LogP contribution in [0.15, 0.2) is 12.7 Å². The zero-order chi connectivity index (χ0) is 27.4. The van der Waals surface area contributed by atoms with Gasteiger partial charge < -0.3 is 29.7 Å². The zero-order valence-corrected chi connectivity index (χ0v) is 24.5. The van der Waals surface area contributed by atoms with E-state index in [2.05, 4.69) is 11.5 Å². The lowest BCUT2D eigenvalue weighted by Gasteiger charge is -2.71. The number of aliphatic hydroxyl groups is 3. The molecule has 0 aromatic rings. The Balaban J connectivity index is 0.00000400. The minimum atomic E-state index is -2.19. The molecule has 0 spiro atoms. The molecule has 9 heteroatoms. The summed E-state index contributed by atoms with van der Waals surface area (Å²) < 4.78 is 12.4. The smallest absolute Gasteiger partial charge is 0.306 e. The lowest BCUT2D eigenvalue weighted by atomic mass is 9.40. The van der Waals surface area contributed by atoms with E-state index in [0.29, 0.717) is 19.3 Å². The zero-order valence-electron chi connectivity index (χ0n) is 23.7. The number of likely N-dealkylation sites (tertiary alicyclic amines) is 1. The topological polar surface area (TPSA) is 117 Å². The minimum absolute atomic E-state index is 0. The van der Waals surface area contributed by atoms with Gasteiger partial charge in [0.15, 0.2) is 17.5 Å². The van der Waals surface area contributed by atoms with Crippen LogP contribution in [0.3, 0.4) is 0 Å². The van der Waals surface area contributed by atoms with E-state index in [1.165, 1.54) is 32.3 Å². The number of ether oxygens (including phenoxy) is 2. The maximum Gasteiger partial charge on any atom is 0.306 e. The van der Waals surface area contributed by atoms with Crippen LogP contribution in [0.25, 0.3) is 0 Å². The predicted molar refractivity (Wildman–Crippen MR) is 146 cm³/mol. The van der Waals surface area contributed by atoms with Crippen LogP contribution in [-0.4, -0.2) is 86.7 Å². The highest BCUT2D eigenvalue weighted by Gasteiger charge is 2.81. The van der Waals surface area contributed by atoms with Crippen molar-refractivity contribution in [2.24, 2.45) is 16.7 Å². The molecule has 2 aliphatic heterocycles. The molecule has 0 aromatic carbocycles. The lowest BCUT2D eigenvalue weighted by Crippen LogP contribution is -2.86. The molecule has 0 amide bonds. The second kappa shape index (κ2) is 10.7. The van der Waals surface area contributed by atoms with Gasteiger partial charge in [-0.05, 0) is 71.0 Å². The van der Waals surface area contributed by atoms with E-state index in [4.69, 9.17) is 9.47 Å². The first-order valence-corrected chi connectivity index (χ1v) is 14.0. The number of nitrogens with zero attached hydrogens (tertiary/aromatic N) is 1. The molecule has 4 aliphatic rings. The average Bonchev–Trinajstić information content (AvgIpc) is 2.83. The van der Waals surface area contributed by atoms with Gasteiger partial charge in [0, 0.05) is 24.2 Å². The molecule has 2 heterocycles. The Kier molecular flexibility index (Phi) is 8.91. The number of aliphatic hydroxyl groups excluding tert-OH is 2. The van der Waals surface area contributed by atoms with E-state index in [1.807, 2.05) is 13.8 Å². The van der Waals surface area contributed by atoms with Crippen LogP contribution in [0, 0.1) is 16.7 Å². The summed E-state index contributed by atoms with van der Waals surface area (Å²) in [5, 5.41) is 35.7. The minimum Gasteiger partial charge on any atom is -0.456 e. The van der Waals surface area contributed by atoms with Gasteiger partial charge in [0.1, 0.15) is 5.60 Å². The maximum atomic E-state index is 13.9. The van der Waals surface area contributed by atoms with Crippen molar-refractivity contribution < 1.29 is 34.4 Å². The number of rotatable bonds is 6. The van der Waals surface area contributed by atoms with Crippen molar-refractivity contribution in [3.05, 3.63) is 12.7 Å². The van der Waals surface area contributed by atoms with Crippen LogP contribution in [0.2, 0.25) is 0 Å². The Morgan fingerprint density at radius 1 is 1.16 bits per heavy atom. The lowest BCUT2D eigenvalue weighted by molar-refractivity contribution is -0.370. The molecule has 38 heavy (non-hydrogen) atoms. The highest BCUT2D eigenvalue weighted by Crippen LogP contribution is 2.67. The first kappa shape index (κ1) is 31.5. The van der Waals surface area contributed by atoms with Crippen molar-refractivity contribution in [1.29, 1.82) is 0 Å². The van der Waals surface area contributed by atoms with Crippen LogP contribution in [-0.2, 0) is 19.1 Å². The van der Waals surface area contributed by atoms with E-state index in [0.717, 1.165) is 19.6 Å². The largest absolute Gasteiger partial charge is 0.456 e. The number of carbonyl (C=O) groups is 2. The Labute approximate surface area is 233 Å². The second-order valence-corrected chi connectivity index (χ2v) is 13.2. The number of Topliss-reactive ketones (excluding diaryl/α,β-unsaturated/α-hetero) is 1. The van der Waals surface area contributed by atoms with Crippen LogP contribution in [0.1, 0.15) is 86.0 Å². The van der Waals surface area contributed by atoms with Crippen LogP contribution < -0.4 is 0 Å². The molecule has 0 unspecified atom stereocenters. The summed E-state index contributed by atoms with van der Waals surface area (Å²) in [5.74, 6) is -1.70. The molecule has 2 saturated heterocycles. The number of piperidine rings is 1. The van der Waals surface area contributed by atoms with Gasteiger partial charge >= 0.3 is 5.97 Å². The number of fused-ring (bicyclic) bond motifs is 3. The maximum absolute atomic E-state index is 13.9. The summed E-state index contributed by atoms with van der Waals surface area (Å²) in [6, 6.07) is 0. The fraction of sp³-hybridized carbons (Fsp3) is 0.862. The summed E-state index contributed by atoms with van der Waals surface area (Å²) in [6.07, 6.45) is 3.10. The Morgan fingerprint density at radius 3 is 2.39 bits per heavy atom. The molecule has 2 aliphatic carbocycles. The van der Waals surface area contributed by atoms with Crippen LogP contribution in [0.4, 0.5) is 0 Å². The molecule has 2 saturated carbocycles. The molecule has 0 aromatic heterocycles. The highest BCUT2D eigenvalue weighted by molar-refractivity contribution is 5.92. The molecule has 218 valence electrons. The van der Waals surface area contributed by atoms with Gasteiger partial charge in [0.05, 0.1) is 17.8 Å². The third-order valence-electron chi connectivity index (χ3n) is 10.3. The number of ketones is 1. The first-order chi connectivity index (χ1) is 17.2. The standard InChI is InChI=1S/C29H47NO7.ClH/c1-7-26(4)18-20(32)29(35)27(5)19(31)13-14-25(2,3)23(27)22(34)24(28(29,6)37-26)36-21(33)12-11-17-30-15-9-8-10-16-30;/h7,19,22-24,31,34-35H,1,8-18H2,2-6H3;1H/t19-,22-,23-,24-,26-,27-,28+,29-;/m0./s1. The van der Waals surface area contributed by atoms with E-state index >= 15 is 0 Å². The number of carbonyl (C=O) groups excluding carboxylic acids is 2. The number of hydrogen-bond acceptors (Lipinski definition) is 8. The third kappa shape index (κ3) is 4.67. The van der Waals surface area contributed by atoms with Gasteiger partial charge in [-0.1, -0.05) is 33.3 Å². The fourth-order valence-corrected chi connectivity index (χ4v) is 8.31. The Bertz CT molecular complexity index is 923. The van der Waals surface area contributed by atoms with Gasteiger partial charge in [-0.3, -0.25) is 9.59 Å². The van der Waals surface area contributed by atoms with Gasteiger partial charge in [0.25, 0.3) is 0 Å². The molecule has 8 atom stereocenters. The van der Waals surface area contributed by atoms with Crippen LogP contribution >= 0.6 is 12.4 Å². The molecular weight excluding hydrogens is 510 g/mol. The summed E-state index contributed by atoms with van der Waals surface area (Å²) >= 11 is 0. The van der Waals surface area contributed by atoms with Crippen molar-refractivity contribution in [2.45, 2.75) is 121 Å². The van der Waals surface area contributed by atoms with Crippen molar-refractivity contribution in [3.8, 4) is 0 Å². The van der Waals surface area contributed by atoms with Gasteiger partial charge in [-0.15, -0.1) is 19.0 Å². The number of hydrogen-bond donors (Lipinski definition) is 3. The van der Waals surface area contributed by atoms with Crippen molar-refractivity contribution in [1.82, 2.24) is 4.90 Å². The predicted octanol–water partition coefficient (Wildman–Crippen LogP) is 3.19. The van der Waals surface area contributed by atoms with E-state index in [1.54, 1.807) is 13.8 Å². The third-order valence-corrected chi connectivity index (χ3v) is 10.3. The molecule has 8 nitrogen and oxygen atoms in total. The Hall–Kier alpha value is -1.03. The average molecular weight is 558 g/mol. The summed E-state index contributed by atoms with van der Waals surface area (Å²) in [7, 11) is 0. The van der Waals surface area contributed by atoms with E-state index in [-0.39, 0.29) is 25.2 Å². The van der Waals surface area contributed by atoms with E-state index in [9.17, 15) is 24.9 Å². The van der Waals surface area contributed by atoms with Gasteiger partial charge in [-0.2, -0.15) is 0 Å². The summed E-state index contributed by atoms with van der Waals surface area (Å²) in [6.45, 7) is 15.6. The number of esters is 1. The Morgan fingerprint density at radius 2 is 1.79 bits per heavy atom. The van der Waals surface area contributed by atoms with Crippen molar-refractivity contribution in [2.75, 3.05) is 19.6 Å². The molecular formula is C29H48ClNO7. The SMILES string of the molecule is C=C[C@@]1(C)CC(=O)[C@]2(O)[C@@]3(C)[C@@H](O)CCC(C)(C)[C@@H]3[C@H](O)[C@H](OC(=O)CCCN3CCCCC3)[C@@]2(C)O1.Cl. The summed E-state index contributed by atoms with van der Waals surface area (Å²) in [5.41, 5.74) is -7.08. The fourth-order valence-electron chi connectivity index (χ4n) is 8.31. The van der Waals surface area contributed by atoms with Crippen molar-refractivity contribution >= 4 is 24.2 Å². The quantitative estimate of drug-likeness (QED) is 0.337. The first-order valence-electron chi connectivity index (χ1n) is 14.0. The molecule has 3 N–H and O–H groups in total. The molecule has 0 radical (unpaired) electrons. The highest BCUT2D eigenvalue weighted by atomic mass is 35.5. The van der Waals surface area contributed by atoms with Crippen LogP contribution in [0.5, 0.6) is 0 Å². The normalized spacial score (nSPS) is 44.8. The van der Waals surface area contributed by atoms with Crippen molar-refractivity contribution in [3.63, 3.8) is 0 Å². The number of halogens is 1. The molecule has 0 bridgehead atoms. The van der Waals surface area contributed by atoms with Gasteiger partial charge in [-0.25, -0.2) is 0 Å². The second-order valence-electron chi connectivity index (χ2n) is 13.2. The van der Waals surface area contributed by atoms with E-state index < -0.39 is 63.6 Å². The molecule has 4 rings (SSSR count). The monoisotopic (exact) mass is 557 g/mol.